The molecule has 1 fully saturated rings. The van der Waals surface area contributed by atoms with Crippen molar-refractivity contribution in [1.29, 1.82) is 0 Å². The van der Waals surface area contributed by atoms with Crippen molar-refractivity contribution in [3.63, 3.8) is 0 Å². The van der Waals surface area contributed by atoms with E-state index in [-0.39, 0.29) is 18.4 Å². The van der Waals surface area contributed by atoms with Crippen LogP contribution in [0, 0.1) is 17.8 Å². The fraction of sp³-hybridized carbons (Fsp3) is 1.00. The molecule has 0 aromatic rings. The van der Waals surface area contributed by atoms with Crippen LogP contribution >= 0.6 is 12.4 Å². The molecule has 2 unspecified atom stereocenters. The van der Waals surface area contributed by atoms with Crippen molar-refractivity contribution in [3.05, 3.63) is 0 Å². The standard InChI is InChI=1S/C16H35N3O2S.ClH/c1-13(2)7-10-19(11-8-14(3)4)22(20,21)18-16-6-9-17-12-15(16)5;/h13-18H,6-12H2,1-5H3;1H. The van der Waals surface area contributed by atoms with Gasteiger partial charge in [0, 0.05) is 19.1 Å². The van der Waals surface area contributed by atoms with Crippen molar-refractivity contribution in [3.8, 4) is 0 Å². The van der Waals surface area contributed by atoms with Gasteiger partial charge in [-0.25, -0.2) is 0 Å². The summed E-state index contributed by atoms with van der Waals surface area (Å²) >= 11 is 0. The Hall–Kier alpha value is 0.120. The molecule has 1 heterocycles. The Morgan fingerprint density at radius 2 is 1.65 bits per heavy atom. The summed E-state index contributed by atoms with van der Waals surface area (Å²) in [7, 11) is -3.39. The summed E-state index contributed by atoms with van der Waals surface area (Å²) in [5, 5.41) is 3.31. The van der Waals surface area contributed by atoms with Crippen molar-refractivity contribution in [2.75, 3.05) is 26.2 Å². The summed E-state index contributed by atoms with van der Waals surface area (Å²) in [5.41, 5.74) is 0. The summed E-state index contributed by atoms with van der Waals surface area (Å²) < 4.78 is 30.1. The number of piperidine rings is 1. The van der Waals surface area contributed by atoms with Crippen LogP contribution in [-0.2, 0) is 10.2 Å². The predicted octanol–water partition coefficient (Wildman–Crippen LogP) is 2.63. The number of halogens is 1. The van der Waals surface area contributed by atoms with Gasteiger partial charge >= 0.3 is 0 Å². The maximum absolute atomic E-state index is 12.8. The Morgan fingerprint density at radius 1 is 1.13 bits per heavy atom. The topological polar surface area (TPSA) is 61.4 Å². The molecule has 1 aliphatic rings. The third-order valence-electron chi connectivity index (χ3n) is 4.34. The quantitative estimate of drug-likeness (QED) is 0.656. The maximum Gasteiger partial charge on any atom is 0.279 e. The number of nitrogens with one attached hydrogen (secondary N) is 2. The fourth-order valence-corrected chi connectivity index (χ4v) is 4.18. The normalized spacial score (nSPS) is 22.6. The molecule has 2 N–H and O–H groups in total. The van der Waals surface area contributed by atoms with Gasteiger partial charge in [0.05, 0.1) is 0 Å². The van der Waals surface area contributed by atoms with E-state index in [1.807, 2.05) is 0 Å². The van der Waals surface area contributed by atoms with Crippen LogP contribution in [0.2, 0.25) is 0 Å². The lowest BCUT2D eigenvalue weighted by atomic mass is 9.97. The molecule has 0 spiro atoms. The van der Waals surface area contributed by atoms with E-state index in [2.05, 4.69) is 44.7 Å². The molecule has 7 heteroatoms. The molecule has 0 amide bonds. The second-order valence-electron chi connectivity index (χ2n) is 7.46. The molecule has 140 valence electrons. The van der Waals surface area contributed by atoms with Crippen LogP contribution in [0.15, 0.2) is 0 Å². The van der Waals surface area contributed by atoms with Crippen LogP contribution in [0.3, 0.4) is 0 Å². The van der Waals surface area contributed by atoms with Crippen LogP contribution in [0.5, 0.6) is 0 Å². The maximum atomic E-state index is 12.8. The Morgan fingerprint density at radius 3 is 2.09 bits per heavy atom. The third kappa shape index (κ3) is 8.68. The molecule has 23 heavy (non-hydrogen) atoms. The minimum Gasteiger partial charge on any atom is -0.316 e. The molecule has 5 nitrogen and oxygen atoms in total. The van der Waals surface area contributed by atoms with E-state index in [0.717, 1.165) is 32.4 Å². The zero-order valence-electron chi connectivity index (χ0n) is 15.3. The van der Waals surface area contributed by atoms with E-state index in [1.165, 1.54) is 0 Å². The van der Waals surface area contributed by atoms with Gasteiger partial charge in [-0.3, -0.25) is 0 Å². The van der Waals surface area contributed by atoms with Gasteiger partial charge in [-0.2, -0.15) is 17.4 Å². The Kier molecular flexibility index (Phi) is 10.9. The van der Waals surface area contributed by atoms with E-state index in [1.54, 1.807) is 4.31 Å². The molecule has 0 bridgehead atoms. The highest BCUT2D eigenvalue weighted by Gasteiger charge is 2.29. The van der Waals surface area contributed by atoms with Gasteiger partial charge in [-0.15, -0.1) is 12.4 Å². The second kappa shape index (κ2) is 10.9. The van der Waals surface area contributed by atoms with Crippen molar-refractivity contribution in [2.24, 2.45) is 17.8 Å². The van der Waals surface area contributed by atoms with Crippen LogP contribution < -0.4 is 10.0 Å². The molecule has 2 atom stereocenters. The van der Waals surface area contributed by atoms with Crippen molar-refractivity contribution in [1.82, 2.24) is 14.3 Å². The molecule has 1 rings (SSSR count). The van der Waals surface area contributed by atoms with Crippen LogP contribution in [0.4, 0.5) is 0 Å². The Bertz CT molecular complexity index is 404. The van der Waals surface area contributed by atoms with E-state index < -0.39 is 10.2 Å². The highest BCUT2D eigenvalue weighted by molar-refractivity contribution is 7.87. The smallest absolute Gasteiger partial charge is 0.279 e. The first-order valence-electron chi connectivity index (χ1n) is 8.70. The summed E-state index contributed by atoms with van der Waals surface area (Å²) in [4.78, 5) is 0. The van der Waals surface area contributed by atoms with Crippen molar-refractivity contribution >= 4 is 22.6 Å². The average Bonchev–Trinajstić information content (AvgIpc) is 2.40. The monoisotopic (exact) mass is 369 g/mol. The first kappa shape index (κ1) is 23.1. The molecular formula is C16H36ClN3O2S. The Labute approximate surface area is 149 Å². The summed E-state index contributed by atoms with van der Waals surface area (Å²) in [6.07, 6.45) is 2.67. The van der Waals surface area contributed by atoms with Gasteiger partial charge in [0.2, 0.25) is 0 Å². The van der Waals surface area contributed by atoms with Gasteiger partial charge < -0.3 is 5.32 Å². The summed E-state index contributed by atoms with van der Waals surface area (Å²) in [6.45, 7) is 13.6. The lowest BCUT2D eigenvalue weighted by Gasteiger charge is -2.32. The number of nitrogens with zero attached hydrogens (tertiary/aromatic N) is 1. The van der Waals surface area contributed by atoms with E-state index in [9.17, 15) is 8.42 Å². The molecule has 1 aliphatic heterocycles. The summed E-state index contributed by atoms with van der Waals surface area (Å²) in [6, 6.07) is 0.0480. The van der Waals surface area contributed by atoms with Gasteiger partial charge in [0.15, 0.2) is 0 Å². The largest absolute Gasteiger partial charge is 0.316 e. The molecule has 0 radical (unpaired) electrons. The highest BCUT2D eigenvalue weighted by Crippen LogP contribution is 2.15. The first-order valence-corrected chi connectivity index (χ1v) is 10.1. The fourth-order valence-electron chi connectivity index (χ4n) is 2.61. The second-order valence-corrected chi connectivity index (χ2v) is 9.17. The minimum absolute atomic E-state index is 0. The molecule has 0 saturated carbocycles. The van der Waals surface area contributed by atoms with Gasteiger partial charge in [0.25, 0.3) is 10.2 Å². The molecular weight excluding hydrogens is 334 g/mol. The first-order chi connectivity index (χ1) is 10.2. The number of hydrogen-bond acceptors (Lipinski definition) is 3. The SMILES string of the molecule is CC(C)CCN(CCC(C)C)S(=O)(=O)NC1CCNCC1C.Cl. The minimum atomic E-state index is -3.39. The molecule has 0 aromatic heterocycles. The zero-order valence-corrected chi connectivity index (χ0v) is 17.0. The average molecular weight is 370 g/mol. The molecule has 0 aromatic carbocycles. The van der Waals surface area contributed by atoms with Gasteiger partial charge in [-0.1, -0.05) is 34.6 Å². The number of hydrogen-bond donors (Lipinski definition) is 2. The van der Waals surface area contributed by atoms with E-state index in [0.29, 0.717) is 30.8 Å². The lowest BCUT2D eigenvalue weighted by molar-refractivity contribution is 0.307. The zero-order chi connectivity index (χ0) is 16.8. The highest BCUT2D eigenvalue weighted by atomic mass is 35.5. The van der Waals surface area contributed by atoms with Crippen molar-refractivity contribution < 1.29 is 8.42 Å². The van der Waals surface area contributed by atoms with Gasteiger partial charge in [0.1, 0.15) is 0 Å². The van der Waals surface area contributed by atoms with Crippen LogP contribution in [-0.4, -0.2) is 44.9 Å². The summed E-state index contributed by atoms with van der Waals surface area (Å²) in [5.74, 6) is 1.35. The Balaban J connectivity index is 0.00000484. The van der Waals surface area contributed by atoms with Crippen LogP contribution in [0.1, 0.15) is 53.9 Å². The molecule has 1 saturated heterocycles. The number of rotatable bonds is 9. The van der Waals surface area contributed by atoms with Gasteiger partial charge in [-0.05, 0) is 50.1 Å². The van der Waals surface area contributed by atoms with Crippen LogP contribution in [0.25, 0.3) is 0 Å². The van der Waals surface area contributed by atoms with E-state index in [4.69, 9.17) is 0 Å². The molecule has 0 aliphatic carbocycles. The van der Waals surface area contributed by atoms with E-state index >= 15 is 0 Å². The van der Waals surface area contributed by atoms with Crippen molar-refractivity contribution in [2.45, 2.75) is 59.9 Å². The lowest BCUT2D eigenvalue weighted by Crippen LogP contribution is -2.52. The third-order valence-corrected chi connectivity index (χ3v) is 5.98. The predicted molar refractivity (Wildman–Crippen MR) is 100 cm³/mol.